The van der Waals surface area contributed by atoms with Crippen molar-refractivity contribution in [3.05, 3.63) is 63.3 Å². The lowest BCUT2D eigenvalue weighted by molar-refractivity contribution is -0.132. The monoisotopic (exact) mass is 340 g/mol. The molecule has 6 nitrogen and oxygen atoms in total. The van der Waals surface area contributed by atoms with Gasteiger partial charge in [-0.25, -0.2) is 4.98 Å². The van der Waals surface area contributed by atoms with Gasteiger partial charge in [0.15, 0.2) is 0 Å². The molecule has 0 bridgehead atoms. The third-order valence-electron chi connectivity index (χ3n) is 4.78. The summed E-state index contributed by atoms with van der Waals surface area (Å²) in [4.78, 5) is 32.9. The number of rotatable bonds is 4. The molecule has 1 unspecified atom stereocenters. The summed E-state index contributed by atoms with van der Waals surface area (Å²) in [5.74, 6) is 0.432. The van der Waals surface area contributed by atoms with Crippen LogP contribution in [-0.2, 0) is 17.8 Å². The van der Waals surface area contributed by atoms with Crippen molar-refractivity contribution < 1.29 is 4.79 Å². The van der Waals surface area contributed by atoms with Gasteiger partial charge >= 0.3 is 0 Å². The number of fused-ring (bicyclic) bond motifs is 1. The predicted molar refractivity (Wildman–Crippen MR) is 96.1 cm³/mol. The molecule has 6 heteroatoms. The summed E-state index contributed by atoms with van der Waals surface area (Å²) >= 11 is 0. The molecule has 1 amide bonds. The van der Waals surface area contributed by atoms with Gasteiger partial charge in [-0.1, -0.05) is 38.1 Å². The molecule has 0 spiro atoms. The van der Waals surface area contributed by atoms with Gasteiger partial charge in [0.1, 0.15) is 0 Å². The van der Waals surface area contributed by atoms with E-state index < -0.39 is 0 Å². The standard InChI is InChI=1S/C19H24N4O2/c1-12(2)13-3-5-14(6-4-13)16(20)9-18(24)23-8-7-17-15(10-23)19(25)22-11-21-17/h3-6,11-12,16H,7-10,20H2,1-2H3,(H,21,22,25). The molecule has 3 rings (SSSR count). The van der Waals surface area contributed by atoms with Crippen LogP contribution in [-0.4, -0.2) is 27.3 Å². The van der Waals surface area contributed by atoms with Gasteiger partial charge in [0, 0.05) is 25.4 Å². The van der Waals surface area contributed by atoms with Crippen molar-refractivity contribution in [3.63, 3.8) is 0 Å². The van der Waals surface area contributed by atoms with Gasteiger partial charge < -0.3 is 15.6 Å². The zero-order valence-electron chi connectivity index (χ0n) is 14.7. The van der Waals surface area contributed by atoms with E-state index in [4.69, 9.17) is 5.73 Å². The van der Waals surface area contributed by atoms with Crippen LogP contribution >= 0.6 is 0 Å². The van der Waals surface area contributed by atoms with Gasteiger partial charge in [0.25, 0.3) is 5.56 Å². The quantitative estimate of drug-likeness (QED) is 0.889. The van der Waals surface area contributed by atoms with Gasteiger partial charge in [0.2, 0.25) is 5.91 Å². The fourth-order valence-electron chi connectivity index (χ4n) is 3.13. The van der Waals surface area contributed by atoms with Crippen LogP contribution in [0.3, 0.4) is 0 Å². The first-order valence-electron chi connectivity index (χ1n) is 8.64. The van der Waals surface area contributed by atoms with Gasteiger partial charge in [0.05, 0.1) is 24.1 Å². The summed E-state index contributed by atoms with van der Waals surface area (Å²) in [5.41, 5.74) is 9.62. The third-order valence-corrected chi connectivity index (χ3v) is 4.78. The van der Waals surface area contributed by atoms with E-state index in [0.717, 1.165) is 11.3 Å². The number of nitrogens with zero attached hydrogens (tertiary/aromatic N) is 2. The van der Waals surface area contributed by atoms with Crippen LogP contribution in [0.2, 0.25) is 0 Å². The normalized spacial score (nSPS) is 15.1. The van der Waals surface area contributed by atoms with Crippen molar-refractivity contribution in [3.8, 4) is 0 Å². The van der Waals surface area contributed by atoms with Gasteiger partial charge in [-0.3, -0.25) is 9.59 Å². The Morgan fingerprint density at radius 2 is 1.96 bits per heavy atom. The SMILES string of the molecule is CC(C)c1ccc(C(N)CC(=O)N2CCc3nc[nH]c(=O)c3C2)cc1. The minimum Gasteiger partial charge on any atom is -0.338 e. The Hall–Kier alpha value is -2.47. The van der Waals surface area contributed by atoms with Crippen LogP contribution in [0.15, 0.2) is 35.4 Å². The number of carbonyl (C=O) groups excluding carboxylic acids is 1. The zero-order chi connectivity index (χ0) is 18.0. The number of aromatic amines is 1. The molecule has 25 heavy (non-hydrogen) atoms. The Bertz CT molecular complexity index is 811. The number of carbonyl (C=O) groups is 1. The maximum atomic E-state index is 12.6. The van der Waals surface area contributed by atoms with Crippen LogP contribution in [0.5, 0.6) is 0 Å². The average Bonchev–Trinajstić information content (AvgIpc) is 2.61. The Labute approximate surface area is 147 Å². The molecule has 0 saturated carbocycles. The molecule has 1 aromatic carbocycles. The second-order valence-corrected chi connectivity index (χ2v) is 6.85. The molecule has 1 atom stereocenters. The predicted octanol–water partition coefficient (Wildman–Crippen LogP) is 1.87. The number of amides is 1. The Morgan fingerprint density at radius 3 is 2.64 bits per heavy atom. The largest absolute Gasteiger partial charge is 0.338 e. The highest BCUT2D eigenvalue weighted by Crippen LogP contribution is 2.21. The van der Waals surface area contributed by atoms with Crippen molar-refractivity contribution in [2.75, 3.05) is 6.54 Å². The lowest BCUT2D eigenvalue weighted by Crippen LogP contribution is -2.40. The van der Waals surface area contributed by atoms with Gasteiger partial charge in [-0.05, 0) is 17.0 Å². The van der Waals surface area contributed by atoms with E-state index in [0.29, 0.717) is 31.0 Å². The molecule has 1 aromatic heterocycles. The second kappa shape index (κ2) is 7.19. The number of benzene rings is 1. The summed E-state index contributed by atoms with van der Waals surface area (Å²) < 4.78 is 0. The minimum atomic E-state index is -0.345. The fraction of sp³-hybridized carbons (Fsp3) is 0.421. The molecular weight excluding hydrogens is 316 g/mol. The van der Waals surface area contributed by atoms with Crippen LogP contribution < -0.4 is 11.3 Å². The van der Waals surface area contributed by atoms with Crippen LogP contribution in [0.4, 0.5) is 0 Å². The highest BCUT2D eigenvalue weighted by atomic mass is 16.2. The molecule has 1 aliphatic heterocycles. The number of aromatic nitrogens is 2. The number of nitrogens with one attached hydrogen (secondary N) is 1. The van der Waals surface area contributed by atoms with Crippen LogP contribution in [0.1, 0.15) is 54.6 Å². The highest BCUT2D eigenvalue weighted by molar-refractivity contribution is 5.77. The van der Waals surface area contributed by atoms with Crippen molar-refractivity contribution >= 4 is 5.91 Å². The first-order valence-corrected chi connectivity index (χ1v) is 8.64. The number of nitrogens with two attached hydrogens (primary N) is 1. The smallest absolute Gasteiger partial charge is 0.255 e. The molecule has 3 N–H and O–H groups in total. The molecule has 2 aromatic rings. The Balaban J connectivity index is 1.66. The first-order chi connectivity index (χ1) is 12.0. The first kappa shape index (κ1) is 17.4. The molecule has 0 fully saturated rings. The summed E-state index contributed by atoms with van der Waals surface area (Å²) in [6.07, 6.45) is 2.24. The third kappa shape index (κ3) is 3.79. The highest BCUT2D eigenvalue weighted by Gasteiger charge is 2.25. The maximum absolute atomic E-state index is 12.6. The van der Waals surface area contributed by atoms with E-state index in [1.807, 2.05) is 12.1 Å². The van der Waals surface area contributed by atoms with Crippen LogP contribution in [0.25, 0.3) is 0 Å². The fourth-order valence-corrected chi connectivity index (χ4v) is 3.13. The molecule has 0 saturated heterocycles. The Kier molecular flexibility index (Phi) is 4.99. The van der Waals surface area contributed by atoms with Crippen LogP contribution in [0, 0.1) is 0 Å². The van der Waals surface area contributed by atoms with E-state index in [2.05, 4.69) is 35.9 Å². The molecule has 0 aliphatic carbocycles. The van der Waals surface area contributed by atoms with Crippen molar-refractivity contribution in [1.82, 2.24) is 14.9 Å². The minimum absolute atomic E-state index is 0.0330. The summed E-state index contributed by atoms with van der Waals surface area (Å²) in [7, 11) is 0. The summed E-state index contributed by atoms with van der Waals surface area (Å²) in [5, 5.41) is 0. The lowest BCUT2D eigenvalue weighted by atomic mass is 9.97. The molecule has 0 radical (unpaired) electrons. The Morgan fingerprint density at radius 1 is 1.28 bits per heavy atom. The number of hydrogen-bond donors (Lipinski definition) is 2. The van der Waals surface area contributed by atoms with Crippen molar-refractivity contribution in [1.29, 1.82) is 0 Å². The summed E-state index contributed by atoms with van der Waals surface area (Å²) in [6.45, 7) is 5.16. The van der Waals surface area contributed by atoms with Gasteiger partial charge in [-0.15, -0.1) is 0 Å². The molecule has 2 heterocycles. The van der Waals surface area contributed by atoms with Crippen molar-refractivity contribution in [2.24, 2.45) is 5.73 Å². The van der Waals surface area contributed by atoms with Crippen molar-refractivity contribution in [2.45, 2.75) is 45.2 Å². The molecular formula is C19H24N4O2. The van der Waals surface area contributed by atoms with E-state index >= 15 is 0 Å². The second-order valence-electron chi connectivity index (χ2n) is 6.85. The summed E-state index contributed by atoms with van der Waals surface area (Å²) in [6, 6.07) is 7.77. The topological polar surface area (TPSA) is 92.1 Å². The van der Waals surface area contributed by atoms with E-state index in [9.17, 15) is 9.59 Å². The van der Waals surface area contributed by atoms with Gasteiger partial charge in [-0.2, -0.15) is 0 Å². The average molecular weight is 340 g/mol. The van der Waals surface area contributed by atoms with E-state index in [-0.39, 0.29) is 23.9 Å². The number of hydrogen-bond acceptors (Lipinski definition) is 4. The van der Waals surface area contributed by atoms with E-state index in [1.54, 1.807) is 4.90 Å². The molecule has 132 valence electrons. The van der Waals surface area contributed by atoms with E-state index in [1.165, 1.54) is 11.9 Å². The zero-order valence-corrected chi connectivity index (χ0v) is 14.7. The maximum Gasteiger partial charge on any atom is 0.255 e. The number of H-pyrrole nitrogens is 1. The molecule has 1 aliphatic rings. The lowest BCUT2D eigenvalue weighted by Gasteiger charge is -2.28.